The number of rotatable bonds is 2. The molecule has 20 heavy (non-hydrogen) atoms. The van der Waals surface area contributed by atoms with Crippen LogP contribution in [0.1, 0.15) is 58.2 Å². The van der Waals surface area contributed by atoms with E-state index >= 15 is 0 Å². The number of nitrogens with zero attached hydrogens (tertiary/aromatic N) is 1. The highest BCUT2D eigenvalue weighted by molar-refractivity contribution is 7.75. The Labute approximate surface area is 126 Å². The minimum atomic E-state index is -0.291. The molecule has 1 aromatic rings. The first kappa shape index (κ1) is 17.4. The second-order valence-corrected chi connectivity index (χ2v) is 11.4. The molecule has 1 rings (SSSR count). The molecule has 0 saturated carbocycles. The van der Waals surface area contributed by atoms with Gasteiger partial charge < -0.3 is 0 Å². The molecule has 0 unspecified atom stereocenters. The Balaban J connectivity index is 3.19. The van der Waals surface area contributed by atoms with Crippen LogP contribution in [0.5, 0.6) is 0 Å². The summed E-state index contributed by atoms with van der Waals surface area (Å²) in [4.78, 5) is 4.88. The van der Waals surface area contributed by atoms with Crippen LogP contribution >= 0.6 is 7.92 Å². The first-order valence-electron chi connectivity index (χ1n) is 7.34. The van der Waals surface area contributed by atoms with Gasteiger partial charge >= 0.3 is 0 Å². The van der Waals surface area contributed by atoms with Gasteiger partial charge in [0.2, 0.25) is 0 Å². The molecule has 1 nitrogen and oxygen atoms in total. The molecule has 1 aromatic carbocycles. The van der Waals surface area contributed by atoms with E-state index in [1.165, 1.54) is 16.7 Å². The molecule has 0 N–H and O–H groups in total. The number of aryl methyl sites for hydroxylation is 3. The zero-order valence-electron chi connectivity index (χ0n) is 14.6. The zero-order chi connectivity index (χ0) is 15.7. The fraction of sp³-hybridized carbons (Fsp3) is 0.611. The first-order valence-corrected chi connectivity index (χ1v) is 8.75. The van der Waals surface area contributed by atoms with Crippen molar-refractivity contribution in [2.45, 2.75) is 72.6 Å². The summed E-state index contributed by atoms with van der Waals surface area (Å²) in [5.41, 5.74) is 5.01. The molecular formula is C18H30NP. The van der Waals surface area contributed by atoms with Crippen LogP contribution in [0.2, 0.25) is 0 Å². The van der Waals surface area contributed by atoms with E-state index in [-0.39, 0.29) is 18.2 Å². The van der Waals surface area contributed by atoms with E-state index in [1.807, 2.05) is 0 Å². The second kappa shape index (κ2) is 5.98. The van der Waals surface area contributed by atoms with Crippen molar-refractivity contribution < 1.29 is 0 Å². The molecule has 0 aliphatic carbocycles. The van der Waals surface area contributed by atoms with Gasteiger partial charge in [-0.3, -0.25) is 4.99 Å². The smallest absolute Gasteiger partial charge is 0.0688 e. The van der Waals surface area contributed by atoms with Crippen LogP contribution in [0, 0.1) is 20.8 Å². The summed E-state index contributed by atoms with van der Waals surface area (Å²) in [5, 5.41) is 0.563. The molecule has 0 aliphatic rings. The van der Waals surface area contributed by atoms with Crippen molar-refractivity contribution in [3.63, 3.8) is 0 Å². The summed E-state index contributed by atoms with van der Waals surface area (Å²) in [5.74, 6) is 2.24. The fourth-order valence-corrected chi connectivity index (χ4v) is 5.78. The zero-order valence-corrected chi connectivity index (χ0v) is 15.5. The lowest BCUT2D eigenvalue weighted by atomic mass is 10.1. The number of hydrogen-bond donors (Lipinski definition) is 0. The maximum absolute atomic E-state index is 4.88. The Morgan fingerprint density at radius 2 is 1.25 bits per heavy atom. The van der Waals surface area contributed by atoms with E-state index in [4.69, 9.17) is 4.99 Å². The quantitative estimate of drug-likeness (QED) is 0.444. The van der Waals surface area contributed by atoms with Crippen LogP contribution in [0.25, 0.3) is 0 Å². The summed E-state index contributed by atoms with van der Waals surface area (Å²) >= 11 is 0. The van der Waals surface area contributed by atoms with Crippen molar-refractivity contribution in [2.24, 2.45) is 4.99 Å². The molecule has 0 saturated heterocycles. The summed E-state index contributed by atoms with van der Waals surface area (Å²) in [6, 6.07) is 4.44. The fourth-order valence-electron chi connectivity index (χ4n) is 2.84. The van der Waals surface area contributed by atoms with Crippen molar-refractivity contribution in [1.82, 2.24) is 0 Å². The lowest BCUT2D eigenvalue weighted by Crippen LogP contribution is -2.25. The maximum Gasteiger partial charge on any atom is 0.0688 e. The summed E-state index contributed by atoms with van der Waals surface area (Å²) in [6.07, 6.45) is 0. The third-order valence-corrected chi connectivity index (χ3v) is 6.62. The topological polar surface area (TPSA) is 12.4 Å². The van der Waals surface area contributed by atoms with Gasteiger partial charge in [0.25, 0.3) is 0 Å². The van der Waals surface area contributed by atoms with Crippen LogP contribution in [0.15, 0.2) is 17.1 Å². The molecule has 0 aromatic heterocycles. The van der Waals surface area contributed by atoms with E-state index in [0.29, 0.717) is 0 Å². The predicted molar refractivity (Wildman–Crippen MR) is 95.2 cm³/mol. The summed E-state index contributed by atoms with van der Waals surface area (Å²) in [6.45, 7) is 20.4. The van der Waals surface area contributed by atoms with Crippen LogP contribution in [0.3, 0.4) is 0 Å². The molecule has 0 amide bonds. The van der Waals surface area contributed by atoms with Gasteiger partial charge in [-0.1, -0.05) is 67.2 Å². The third-order valence-electron chi connectivity index (χ3n) is 3.38. The molecule has 0 bridgehead atoms. The van der Waals surface area contributed by atoms with Crippen LogP contribution in [-0.4, -0.2) is 16.3 Å². The Morgan fingerprint density at radius 1 is 0.850 bits per heavy atom. The first-order chi connectivity index (χ1) is 8.93. The lowest BCUT2D eigenvalue weighted by Gasteiger charge is -2.38. The molecule has 0 fully saturated rings. The van der Waals surface area contributed by atoms with Gasteiger partial charge in [-0.05, 0) is 42.2 Å². The Bertz CT molecular complexity index is 464. The molecular weight excluding hydrogens is 261 g/mol. The van der Waals surface area contributed by atoms with Gasteiger partial charge in [0.15, 0.2) is 0 Å². The monoisotopic (exact) mass is 291 g/mol. The molecule has 2 heteroatoms. The van der Waals surface area contributed by atoms with Gasteiger partial charge in [-0.2, -0.15) is 0 Å². The van der Waals surface area contributed by atoms with Crippen molar-refractivity contribution >= 4 is 19.6 Å². The molecule has 112 valence electrons. The van der Waals surface area contributed by atoms with Gasteiger partial charge in [0, 0.05) is 5.96 Å². The number of benzene rings is 1. The number of aliphatic imine (C=N–C) groups is 1. The molecule has 0 atom stereocenters. The Kier molecular flexibility index (Phi) is 5.19. The number of hydrogen-bond acceptors (Lipinski definition) is 1. The van der Waals surface area contributed by atoms with E-state index in [9.17, 15) is 0 Å². The normalized spacial score (nSPS) is 13.5. The summed E-state index contributed by atoms with van der Waals surface area (Å²) < 4.78 is 0. The molecule has 0 aliphatic heterocycles. The van der Waals surface area contributed by atoms with Crippen LogP contribution in [-0.2, 0) is 0 Å². The minimum Gasteiger partial charge on any atom is -0.256 e. The third kappa shape index (κ3) is 4.42. The van der Waals surface area contributed by atoms with Gasteiger partial charge in [-0.25, -0.2) is 0 Å². The maximum atomic E-state index is 4.88. The van der Waals surface area contributed by atoms with E-state index < -0.39 is 0 Å². The van der Waals surface area contributed by atoms with Crippen molar-refractivity contribution in [3.8, 4) is 0 Å². The largest absolute Gasteiger partial charge is 0.256 e. The van der Waals surface area contributed by atoms with E-state index in [1.54, 1.807) is 0 Å². The second-order valence-electron chi connectivity index (χ2n) is 7.70. The highest BCUT2D eigenvalue weighted by atomic mass is 31.1. The average Bonchev–Trinajstić information content (AvgIpc) is 2.17. The Morgan fingerprint density at radius 3 is 1.60 bits per heavy atom. The Hall–Kier alpha value is -0.680. The average molecular weight is 291 g/mol. The SMILES string of the molecule is Cc1cc(C)c(N=CP(C(C)(C)C)C(C)(C)C)c(C)c1. The standard InChI is InChI=1S/C18H30NP/c1-13-10-14(2)16(15(3)11-13)19-12-20(17(4,5)6)18(7,8)9/h10-12H,1-9H3. The van der Waals surface area contributed by atoms with Crippen molar-refractivity contribution in [2.75, 3.05) is 0 Å². The van der Waals surface area contributed by atoms with Gasteiger partial charge in [0.05, 0.1) is 5.69 Å². The molecule has 0 radical (unpaired) electrons. The lowest BCUT2D eigenvalue weighted by molar-refractivity contribution is 0.718. The minimum absolute atomic E-state index is 0.281. The van der Waals surface area contributed by atoms with Gasteiger partial charge in [0.1, 0.15) is 0 Å². The van der Waals surface area contributed by atoms with Crippen LogP contribution < -0.4 is 0 Å². The molecule has 0 heterocycles. The van der Waals surface area contributed by atoms with Crippen molar-refractivity contribution in [1.29, 1.82) is 0 Å². The van der Waals surface area contributed by atoms with Crippen molar-refractivity contribution in [3.05, 3.63) is 28.8 Å². The van der Waals surface area contributed by atoms with Crippen LogP contribution in [0.4, 0.5) is 5.69 Å². The molecule has 0 spiro atoms. The predicted octanol–water partition coefficient (Wildman–Crippen LogP) is 6.35. The van der Waals surface area contributed by atoms with E-state index in [2.05, 4.69) is 80.4 Å². The summed E-state index contributed by atoms with van der Waals surface area (Å²) in [7, 11) is -0.291. The van der Waals surface area contributed by atoms with Gasteiger partial charge in [-0.15, -0.1) is 0 Å². The highest BCUT2D eigenvalue weighted by Gasteiger charge is 2.33. The van der Waals surface area contributed by atoms with E-state index in [0.717, 1.165) is 5.69 Å². The highest BCUT2D eigenvalue weighted by Crippen LogP contribution is 2.57.